The van der Waals surface area contributed by atoms with E-state index in [4.69, 9.17) is 0 Å². The molecule has 0 saturated heterocycles. The second-order valence-electron chi connectivity index (χ2n) is 10.2. The van der Waals surface area contributed by atoms with E-state index in [2.05, 4.69) is 30.6 Å². The molecule has 168 valence electrons. The summed E-state index contributed by atoms with van der Waals surface area (Å²) in [5.74, 6) is 2.23. The SMILES string of the molecule is CC.CC12C=CC(=O)NC1CCC1C2CCC2(C)C(C(=O)Nc3ccccc3)CCC12. The van der Waals surface area contributed by atoms with Crippen LogP contribution in [0.2, 0.25) is 0 Å². The number of fused-ring (bicyclic) bond motifs is 5. The summed E-state index contributed by atoms with van der Waals surface area (Å²) in [5, 5.41) is 6.40. The number of amides is 2. The molecule has 3 saturated carbocycles. The highest BCUT2D eigenvalue weighted by Gasteiger charge is 2.60. The highest BCUT2D eigenvalue weighted by Crippen LogP contribution is 2.65. The second kappa shape index (κ2) is 8.44. The van der Waals surface area contributed by atoms with Gasteiger partial charge in [-0.3, -0.25) is 9.59 Å². The molecule has 0 bridgehead atoms. The van der Waals surface area contributed by atoms with Crippen molar-refractivity contribution in [3.05, 3.63) is 42.5 Å². The highest BCUT2D eigenvalue weighted by molar-refractivity contribution is 5.93. The van der Waals surface area contributed by atoms with Gasteiger partial charge in [0.05, 0.1) is 0 Å². The zero-order valence-electron chi connectivity index (χ0n) is 19.5. The first-order chi connectivity index (χ1) is 14.9. The number of hydrogen-bond acceptors (Lipinski definition) is 2. The molecule has 3 aliphatic carbocycles. The lowest BCUT2D eigenvalue weighted by atomic mass is 9.48. The van der Waals surface area contributed by atoms with E-state index < -0.39 is 0 Å². The normalized spacial score (nSPS) is 40.4. The zero-order valence-corrected chi connectivity index (χ0v) is 19.5. The van der Waals surface area contributed by atoms with Crippen molar-refractivity contribution in [2.45, 2.75) is 72.3 Å². The van der Waals surface area contributed by atoms with Crippen LogP contribution in [0.4, 0.5) is 5.69 Å². The Hall–Kier alpha value is -2.10. The zero-order chi connectivity index (χ0) is 22.2. The molecule has 31 heavy (non-hydrogen) atoms. The number of nitrogens with one attached hydrogen (secondary N) is 2. The van der Waals surface area contributed by atoms with E-state index in [-0.39, 0.29) is 34.6 Å². The van der Waals surface area contributed by atoms with Gasteiger partial charge in [-0.2, -0.15) is 0 Å². The minimum Gasteiger partial charge on any atom is -0.349 e. The largest absolute Gasteiger partial charge is 0.349 e. The summed E-state index contributed by atoms with van der Waals surface area (Å²) in [6.07, 6.45) is 10.6. The molecule has 1 aromatic carbocycles. The fourth-order valence-electron chi connectivity index (χ4n) is 7.51. The number of benzene rings is 1. The third-order valence-corrected chi connectivity index (χ3v) is 9.04. The van der Waals surface area contributed by atoms with Crippen LogP contribution < -0.4 is 10.6 Å². The first-order valence-electron chi connectivity index (χ1n) is 12.3. The molecule has 1 aliphatic heterocycles. The molecule has 0 spiro atoms. The van der Waals surface area contributed by atoms with Crippen LogP contribution >= 0.6 is 0 Å². The van der Waals surface area contributed by atoms with Gasteiger partial charge in [0, 0.05) is 23.1 Å². The van der Waals surface area contributed by atoms with E-state index in [1.165, 1.54) is 6.42 Å². The molecule has 4 heteroatoms. The molecule has 1 aromatic rings. The summed E-state index contributed by atoms with van der Waals surface area (Å²) in [6, 6.07) is 10.1. The Morgan fingerprint density at radius 3 is 2.48 bits per heavy atom. The number of hydrogen-bond donors (Lipinski definition) is 2. The van der Waals surface area contributed by atoms with Gasteiger partial charge in [0.2, 0.25) is 11.8 Å². The van der Waals surface area contributed by atoms with Gasteiger partial charge in [-0.15, -0.1) is 0 Å². The van der Waals surface area contributed by atoms with Gasteiger partial charge in [0.1, 0.15) is 0 Å². The Morgan fingerprint density at radius 1 is 1.00 bits per heavy atom. The Balaban J connectivity index is 0.00000112. The highest BCUT2D eigenvalue weighted by atomic mass is 16.2. The first kappa shape index (κ1) is 22.1. The Labute approximate surface area is 187 Å². The van der Waals surface area contributed by atoms with E-state index in [9.17, 15) is 9.59 Å². The Bertz CT molecular complexity index is 850. The van der Waals surface area contributed by atoms with Crippen molar-refractivity contribution in [2.75, 3.05) is 5.32 Å². The number of carbonyl (C=O) groups is 2. The van der Waals surface area contributed by atoms with Crippen LogP contribution in [0.25, 0.3) is 0 Å². The van der Waals surface area contributed by atoms with Crippen LogP contribution in [-0.4, -0.2) is 17.9 Å². The minimum atomic E-state index is 0.0581. The second-order valence-corrected chi connectivity index (χ2v) is 10.2. The molecule has 7 atom stereocenters. The van der Waals surface area contributed by atoms with Crippen LogP contribution in [0.5, 0.6) is 0 Å². The lowest BCUT2D eigenvalue weighted by Gasteiger charge is -2.58. The molecular weight excluding hydrogens is 384 g/mol. The fourth-order valence-corrected chi connectivity index (χ4v) is 7.51. The van der Waals surface area contributed by atoms with Crippen LogP contribution in [0.1, 0.15) is 66.2 Å². The third kappa shape index (κ3) is 3.62. The van der Waals surface area contributed by atoms with Gasteiger partial charge in [-0.25, -0.2) is 0 Å². The van der Waals surface area contributed by atoms with E-state index in [1.54, 1.807) is 6.08 Å². The van der Waals surface area contributed by atoms with Gasteiger partial charge in [0.15, 0.2) is 0 Å². The number of para-hydroxylation sites is 1. The van der Waals surface area contributed by atoms with Gasteiger partial charge in [-0.05, 0) is 79.9 Å². The monoisotopic (exact) mass is 422 g/mol. The predicted molar refractivity (Wildman–Crippen MR) is 125 cm³/mol. The smallest absolute Gasteiger partial charge is 0.243 e. The maximum Gasteiger partial charge on any atom is 0.243 e. The van der Waals surface area contributed by atoms with Crippen molar-refractivity contribution in [2.24, 2.45) is 34.5 Å². The summed E-state index contributed by atoms with van der Waals surface area (Å²) < 4.78 is 0. The Morgan fingerprint density at radius 2 is 1.74 bits per heavy atom. The number of carbonyl (C=O) groups excluding carboxylic acids is 2. The first-order valence-corrected chi connectivity index (χ1v) is 12.3. The maximum absolute atomic E-state index is 13.2. The third-order valence-electron chi connectivity index (χ3n) is 9.04. The van der Waals surface area contributed by atoms with Crippen molar-refractivity contribution in [3.8, 4) is 0 Å². The van der Waals surface area contributed by atoms with Gasteiger partial charge in [-0.1, -0.05) is 52.0 Å². The van der Waals surface area contributed by atoms with Gasteiger partial charge < -0.3 is 10.6 Å². The van der Waals surface area contributed by atoms with Crippen molar-refractivity contribution in [1.82, 2.24) is 5.32 Å². The standard InChI is InChI=1S/C25H32N2O2.C2H6/c1-24-14-12-19-17(8-11-21-25(19,2)15-13-22(28)27-21)18(24)9-10-20(24)23(29)26-16-6-4-3-5-7-16;1-2/h3-7,13,15,17-21H,8-12,14H2,1-2H3,(H,26,29)(H,27,28);1-2H3. The van der Waals surface area contributed by atoms with Crippen LogP contribution in [0.15, 0.2) is 42.5 Å². The van der Waals surface area contributed by atoms with Gasteiger partial charge in [0.25, 0.3) is 0 Å². The molecule has 0 radical (unpaired) electrons. The molecule has 4 nitrogen and oxygen atoms in total. The lowest BCUT2D eigenvalue weighted by molar-refractivity contribution is -0.129. The molecule has 3 fully saturated rings. The molecule has 0 aromatic heterocycles. The average Bonchev–Trinajstić information content (AvgIpc) is 3.14. The fraction of sp³-hybridized carbons (Fsp3) is 0.630. The maximum atomic E-state index is 13.2. The Kier molecular flexibility index (Phi) is 6.02. The van der Waals surface area contributed by atoms with Gasteiger partial charge >= 0.3 is 0 Å². The van der Waals surface area contributed by atoms with Crippen molar-refractivity contribution in [1.29, 1.82) is 0 Å². The lowest BCUT2D eigenvalue weighted by Crippen LogP contribution is -2.59. The van der Waals surface area contributed by atoms with Crippen LogP contribution in [-0.2, 0) is 9.59 Å². The number of rotatable bonds is 2. The van der Waals surface area contributed by atoms with Crippen LogP contribution in [0.3, 0.4) is 0 Å². The summed E-state index contributed by atoms with van der Waals surface area (Å²) in [6.45, 7) is 8.73. The van der Waals surface area contributed by atoms with E-state index in [1.807, 2.05) is 44.2 Å². The van der Waals surface area contributed by atoms with E-state index in [0.717, 1.165) is 37.8 Å². The topological polar surface area (TPSA) is 58.2 Å². The number of anilines is 1. The summed E-state index contributed by atoms with van der Waals surface area (Å²) in [5.41, 5.74) is 1.04. The van der Waals surface area contributed by atoms with Crippen molar-refractivity contribution in [3.63, 3.8) is 0 Å². The molecule has 5 rings (SSSR count). The average molecular weight is 423 g/mol. The molecular formula is C27H38N2O2. The van der Waals surface area contributed by atoms with E-state index >= 15 is 0 Å². The summed E-state index contributed by atoms with van der Waals surface area (Å²) in [4.78, 5) is 25.1. The predicted octanol–water partition coefficient (Wildman–Crippen LogP) is 5.56. The minimum absolute atomic E-state index is 0.0581. The van der Waals surface area contributed by atoms with Crippen molar-refractivity contribution >= 4 is 17.5 Å². The molecule has 4 aliphatic rings. The van der Waals surface area contributed by atoms with Crippen LogP contribution in [0, 0.1) is 34.5 Å². The van der Waals surface area contributed by atoms with E-state index in [0.29, 0.717) is 17.8 Å². The molecule has 2 N–H and O–H groups in total. The molecule has 2 amide bonds. The molecule has 1 heterocycles. The summed E-state index contributed by atoms with van der Waals surface area (Å²) in [7, 11) is 0. The summed E-state index contributed by atoms with van der Waals surface area (Å²) >= 11 is 0. The van der Waals surface area contributed by atoms with Crippen molar-refractivity contribution < 1.29 is 9.59 Å². The molecule has 7 unspecified atom stereocenters. The quantitative estimate of drug-likeness (QED) is 0.655.